The third-order valence-corrected chi connectivity index (χ3v) is 1.00. The summed E-state index contributed by atoms with van der Waals surface area (Å²) in [5.74, 6) is 0.307. The van der Waals surface area contributed by atoms with Crippen molar-refractivity contribution in [3.8, 4) is 5.75 Å². The van der Waals surface area contributed by atoms with Crippen molar-refractivity contribution >= 4 is 29.9 Å². The molecular formula is C8H10O2Sn. The predicted octanol–water partition coefficient (Wildman–Crippen LogP) is 0.696. The third-order valence-electron chi connectivity index (χ3n) is 1.00. The van der Waals surface area contributed by atoms with Crippen molar-refractivity contribution in [2.45, 2.75) is 6.92 Å². The van der Waals surface area contributed by atoms with Crippen molar-refractivity contribution in [2.24, 2.45) is 0 Å². The second-order valence-electron chi connectivity index (χ2n) is 1.91. The van der Waals surface area contributed by atoms with Gasteiger partial charge in [-0.05, 0) is 12.1 Å². The number of esters is 1. The van der Waals surface area contributed by atoms with Crippen LogP contribution in [-0.2, 0) is 4.79 Å². The predicted molar refractivity (Wildman–Crippen MR) is 46.3 cm³/mol. The van der Waals surface area contributed by atoms with E-state index in [4.69, 9.17) is 4.74 Å². The first-order valence-corrected chi connectivity index (χ1v) is 3.02. The van der Waals surface area contributed by atoms with Crippen molar-refractivity contribution in [3.05, 3.63) is 30.3 Å². The van der Waals surface area contributed by atoms with Gasteiger partial charge in [-0.1, -0.05) is 18.2 Å². The summed E-state index contributed by atoms with van der Waals surface area (Å²) in [5, 5.41) is 0. The molecule has 0 aliphatic carbocycles. The first-order valence-electron chi connectivity index (χ1n) is 3.02. The Kier molecular flexibility index (Phi) is 4.94. The van der Waals surface area contributed by atoms with Crippen molar-refractivity contribution in [1.29, 1.82) is 0 Å². The molecule has 1 rings (SSSR count). The Labute approximate surface area is 82.5 Å². The Bertz CT molecular complexity index is 221. The van der Waals surface area contributed by atoms with E-state index in [2.05, 4.69) is 0 Å². The van der Waals surface area contributed by atoms with Crippen LogP contribution in [0.1, 0.15) is 6.92 Å². The van der Waals surface area contributed by atoms with Crippen LogP contribution in [0, 0.1) is 0 Å². The summed E-state index contributed by atoms with van der Waals surface area (Å²) in [6.07, 6.45) is 0. The molecule has 1 aromatic carbocycles. The number of rotatable bonds is 1. The van der Waals surface area contributed by atoms with Crippen molar-refractivity contribution in [1.82, 2.24) is 0 Å². The molecular weight excluding hydrogens is 247 g/mol. The zero-order valence-electron chi connectivity index (χ0n) is 6.41. The normalized spacial score (nSPS) is 8.09. The minimum absolute atomic E-state index is 0. The van der Waals surface area contributed by atoms with E-state index in [-0.39, 0.29) is 29.9 Å². The van der Waals surface area contributed by atoms with Crippen LogP contribution in [0.15, 0.2) is 30.3 Å². The Morgan fingerprint density at radius 1 is 1.27 bits per heavy atom. The zero-order valence-corrected chi connectivity index (χ0v) is 10.4. The molecule has 11 heavy (non-hydrogen) atoms. The molecule has 1 aromatic rings. The first kappa shape index (κ1) is 10.5. The van der Waals surface area contributed by atoms with Gasteiger partial charge < -0.3 is 4.74 Å². The number of para-hydroxylation sites is 1. The molecule has 2 nitrogen and oxygen atoms in total. The number of hydrogen-bond acceptors (Lipinski definition) is 2. The standard InChI is InChI=1S/C8H8O2.Sn.2H/c1-7(9)10-8-5-3-2-4-6-8;;;/h2-6H,1H3;;;. The van der Waals surface area contributed by atoms with Crippen LogP contribution in [0.4, 0.5) is 0 Å². The fourth-order valence-corrected chi connectivity index (χ4v) is 0.655. The molecule has 0 atom stereocenters. The summed E-state index contributed by atoms with van der Waals surface area (Å²) in [6.45, 7) is 1.38. The summed E-state index contributed by atoms with van der Waals surface area (Å²) >= 11 is 0. The van der Waals surface area contributed by atoms with E-state index in [1.807, 2.05) is 18.2 Å². The van der Waals surface area contributed by atoms with E-state index in [1.165, 1.54) is 6.92 Å². The molecule has 0 aliphatic rings. The van der Waals surface area contributed by atoms with E-state index in [9.17, 15) is 4.79 Å². The maximum absolute atomic E-state index is 10.4. The summed E-state index contributed by atoms with van der Waals surface area (Å²) < 4.78 is 4.78. The Balaban J connectivity index is 0.000001000. The SMILES string of the molecule is CC(=O)Oc1ccccc1.[SnH2]. The molecule has 0 spiro atoms. The molecule has 0 N–H and O–H groups in total. The van der Waals surface area contributed by atoms with Crippen LogP contribution in [0.5, 0.6) is 5.75 Å². The Morgan fingerprint density at radius 2 is 1.82 bits per heavy atom. The number of benzene rings is 1. The van der Waals surface area contributed by atoms with Crippen LogP contribution in [-0.4, -0.2) is 29.9 Å². The average molecular weight is 257 g/mol. The molecule has 0 fully saturated rings. The van der Waals surface area contributed by atoms with Crippen molar-refractivity contribution in [3.63, 3.8) is 0 Å². The fourth-order valence-electron chi connectivity index (χ4n) is 0.655. The van der Waals surface area contributed by atoms with Crippen LogP contribution in [0.25, 0.3) is 0 Å². The molecule has 3 heteroatoms. The zero-order chi connectivity index (χ0) is 7.40. The number of ether oxygens (including phenoxy) is 1. The van der Waals surface area contributed by atoms with Crippen molar-refractivity contribution in [2.75, 3.05) is 0 Å². The molecule has 0 aliphatic heterocycles. The van der Waals surface area contributed by atoms with Gasteiger partial charge in [-0.15, -0.1) is 0 Å². The quantitative estimate of drug-likeness (QED) is 0.420. The van der Waals surface area contributed by atoms with E-state index in [0.717, 1.165) is 0 Å². The fraction of sp³-hybridized carbons (Fsp3) is 0.125. The van der Waals surface area contributed by atoms with E-state index >= 15 is 0 Å². The molecule has 0 unspecified atom stereocenters. The summed E-state index contributed by atoms with van der Waals surface area (Å²) in [4.78, 5) is 10.4. The second kappa shape index (κ2) is 5.18. The molecule has 0 amide bonds. The maximum atomic E-state index is 10.4. The Morgan fingerprint density at radius 3 is 2.27 bits per heavy atom. The molecule has 0 saturated carbocycles. The number of carbonyl (C=O) groups excluding carboxylic acids is 1. The monoisotopic (exact) mass is 258 g/mol. The first-order chi connectivity index (χ1) is 4.79. The van der Waals surface area contributed by atoms with Crippen LogP contribution >= 0.6 is 0 Å². The van der Waals surface area contributed by atoms with Gasteiger partial charge in [-0.25, -0.2) is 0 Å². The second-order valence-corrected chi connectivity index (χ2v) is 1.91. The Hall–Kier alpha value is -0.511. The number of hydrogen-bond donors (Lipinski definition) is 0. The van der Waals surface area contributed by atoms with Crippen LogP contribution in [0.2, 0.25) is 0 Å². The minimum atomic E-state index is -0.286. The molecule has 0 bridgehead atoms. The molecule has 0 saturated heterocycles. The third kappa shape index (κ3) is 4.03. The summed E-state index contributed by atoms with van der Waals surface area (Å²) in [5.41, 5.74) is 0. The molecule has 0 aromatic heterocycles. The average Bonchev–Trinajstić information content (AvgIpc) is 1.88. The van der Waals surface area contributed by atoms with Crippen LogP contribution in [0.3, 0.4) is 0 Å². The molecule has 0 heterocycles. The molecule has 58 valence electrons. The molecule has 2 radical (unpaired) electrons. The van der Waals surface area contributed by atoms with E-state index in [1.54, 1.807) is 12.1 Å². The van der Waals surface area contributed by atoms with Gasteiger partial charge in [0.2, 0.25) is 0 Å². The van der Waals surface area contributed by atoms with E-state index in [0.29, 0.717) is 5.75 Å². The summed E-state index contributed by atoms with van der Waals surface area (Å²) in [6, 6.07) is 8.98. The van der Waals surface area contributed by atoms with Gasteiger partial charge in [0, 0.05) is 6.92 Å². The van der Waals surface area contributed by atoms with Gasteiger partial charge in [0.15, 0.2) is 0 Å². The van der Waals surface area contributed by atoms with Gasteiger partial charge in [0.25, 0.3) is 0 Å². The topological polar surface area (TPSA) is 26.3 Å². The number of carbonyl (C=O) groups is 1. The van der Waals surface area contributed by atoms with Gasteiger partial charge >= 0.3 is 29.9 Å². The van der Waals surface area contributed by atoms with Gasteiger partial charge in [0.05, 0.1) is 0 Å². The van der Waals surface area contributed by atoms with Gasteiger partial charge in [-0.3, -0.25) is 4.79 Å². The van der Waals surface area contributed by atoms with Crippen LogP contribution < -0.4 is 4.74 Å². The van der Waals surface area contributed by atoms with Crippen molar-refractivity contribution < 1.29 is 9.53 Å². The van der Waals surface area contributed by atoms with Gasteiger partial charge in [-0.2, -0.15) is 0 Å². The summed E-state index contributed by atoms with van der Waals surface area (Å²) in [7, 11) is 0. The van der Waals surface area contributed by atoms with E-state index < -0.39 is 0 Å². The van der Waals surface area contributed by atoms with Gasteiger partial charge in [0.1, 0.15) is 5.75 Å².